The van der Waals surface area contributed by atoms with Gasteiger partial charge in [-0.25, -0.2) is 0 Å². The molecule has 3 heteroatoms. The predicted octanol–water partition coefficient (Wildman–Crippen LogP) is 1.47. The maximum Gasteiger partial charge on any atom is 0.0388 e. The van der Waals surface area contributed by atoms with Gasteiger partial charge in [0, 0.05) is 23.9 Å². The number of aromatic nitrogens is 1. The Labute approximate surface area is 91.1 Å². The molecule has 1 saturated carbocycles. The summed E-state index contributed by atoms with van der Waals surface area (Å²) in [5.41, 5.74) is 7.50. The quantitative estimate of drug-likeness (QED) is 0.782. The molecule has 1 fully saturated rings. The van der Waals surface area contributed by atoms with Gasteiger partial charge in [-0.15, -0.1) is 0 Å². The molecule has 0 amide bonds. The summed E-state index contributed by atoms with van der Waals surface area (Å²) in [5.74, 6) is 0. The minimum atomic E-state index is 0.274. The fourth-order valence-electron chi connectivity index (χ4n) is 2.62. The van der Waals surface area contributed by atoms with Crippen molar-refractivity contribution in [3.05, 3.63) is 30.1 Å². The highest BCUT2D eigenvalue weighted by molar-refractivity contribution is 5.20. The zero-order chi connectivity index (χ0) is 10.7. The van der Waals surface area contributed by atoms with Crippen LogP contribution in [0.3, 0.4) is 0 Å². The van der Waals surface area contributed by atoms with Crippen LogP contribution in [-0.4, -0.2) is 18.6 Å². The third kappa shape index (κ3) is 1.77. The highest BCUT2D eigenvalue weighted by atomic mass is 14.9. The van der Waals surface area contributed by atoms with Gasteiger partial charge >= 0.3 is 0 Å². The largest absolute Gasteiger partial charge is 0.330 e. The number of hydrogen-bond donors (Lipinski definition) is 2. The van der Waals surface area contributed by atoms with Gasteiger partial charge in [-0.1, -0.05) is 6.42 Å². The van der Waals surface area contributed by atoms with Gasteiger partial charge in [-0.05, 0) is 44.1 Å². The molecule has 0 aliphatic heterocycles. The first kappa shape index (κ1) is 10.6. The Hall–Kier alpha value is -0.930. The van der Waals surface area contributed by atoms with Crippen molar-refractivity contribution in [3.8, 4) is 0 Å². The van der Waals surface area contributed by atoms with Crippen LogP contribution in [0.1, 0.15) is 30.9 Å². The number of nitrogens with zero attached hydrogens (tertiary/aromatic N) is 1. The lowest BCUT2D eigenvalue weighted by Gasteiger charge is -2.47. The fourth-order valence-corrected chi connectivity index (χ4v) is 2.62. The molecule has 3 nitrogen and oxygen atoms in total. The first-order chi connectivity index (χ1) is 7.32. The molecule has 1 aliphatic carbocycles. The van der Waals surface area contributed by atoms with Crippen LogP contribution in [0.15, 0.2) is 24.5 Å². The minimum absolute atomic E-state index is 0.274. The summed E-state index contributed by atoms with van der Waals surface area (Å²) in [6.07, 6.45) is 7.47. The van der Waals surface area contributed by atoms with E-state index in [0.717, 1.165) is 6.54 Å². The van der Waals surface area contributed by atoms with E-state index < -0.39 is 0 Å². The van der Waals surface area contributed by atoms with Crippen LogP contribution in [0.4, 0.5) is 0 Å². The molecule has 0 aromatic carbocycles. The standard InChI is InChI=1S/C12H19N3/c1-14-11(10-3-7-15-8-4-10)12(9-13)5-2-6-12/h3-4,7-8,11,14H,2,5-6,9,13H2,1H3. The molecule has 1 aromatic rings. The van der Waals surface area contributed by atoms with E-state index >= 15 is 0 Å². The molecule has 1 heterocycles. The van der Waals surface area contributed by atoms with Crippen LogP contribution in [-0.2, 0) is 0 Å². The van der Waals surface area contributed by atoms with Gasteiger partial charge in [0.25, 0.3) is 0 Å². The highest BCUT2D eigenvalue weighted by Crippen LogP contribution is 2.49. The van der Waals surface area contributed by atoms with E-state index in [0.29, 0.717) is 6.04 Å². The summed E-state index contributed by atoms with van der Waals surface area (Å²) >= 11 is 0. The molecule has 3 N–H and O–H groups in total. The molecule has 0 radical (unpaired) electrons. The summed E-state index contributed by atoms with van der Waals surface area (Å²) < 4.78 is 0. The number of pyridine rings is 1. The van der Waals surface area contributed by atoms with Crippen molar-refractivity contribution in [2.75, 3.05) is 13.6 Å². The van der Waals surface area contributed by atoms with Crippen LogP contribution >= 0.6 is 0 Å². The molecular formula is C12H19N3. The lowest BCUT2D eigenvalue weighted by atomic mass is 9.62. The number of rotatable bonds is 4. The van der Waals surface area contributed by atoms with E-state index in [1.807, 2.05) is 19.4 Å². The summed E-state index contributed by atoms with van der Waals surface area (Å²) in [7, 11) is 2.01. The highest BCUT2D eigenvalue weighted by Gasteiger charge is 2.42. The van der Waals surface area contributed by atoms with Crippen molar-refractivity contribution in [1.29, 1.82) is 0 Å². The second-order valence-electron chi connectivity index (χ2n) is 4.42. The van der Waals surface area contributed by atoms with Crippen LogP contribution in [0.25, 0.3) is 0 Å². The second-order valence-corrected chi connectivity index (χ2v) is 4.42. The molecule has 0 bridgehead atoms. The van der Waals surface area contributed by atoms with Gasteiger partial charge in [0.15, 0.2) is 0 Å². The van der Waals surface area contributed by atoms with Crippen molar-refractivity contribution in [2.24, 2.45) is 11.1 Å². The van der Waals surface area contributed by atoms with Crippen LogP contribution in [0.5, 0.6) is 0 Å². The average Bonchev–Trinajstić information content (AvgIpc) is 2.24. The molecule has 1 aromatic heterocycles. The van der Waals surface area contributed by atoms with Crippen LogP contribution < -0.4 is 11.1 Å². The Morgan fingerprint density at radius 1 is 1.47 bits per heavy atom. The smallest absolute Gasteiger partial charge is 0.0388 e. The van der Waals surface area contributed by atoms with E-state index in [1.54, 1.807) is 0 Å². The maximum absolute atomic E-state index is 5.93. The second kappa shape index (κ2) is 4.29. The fraction of sp³-hybridized carbons (Fsp3) is 0.583. The zero-order valence-electron chi connectivity index (χ0n) is 9.24. The van der Waals surface area contributed by atoms with Crippen molar-refractivity contribution >= 4 is 0 Å². The number of nitrogens with two attached hydrogens (primary N) is 1. The lowest BCUT2D eigenvalue weighted by Crippen LogP contribution is -2.47. The Balaban J connectivity index is 2.24. The van der Waals surface area contributed by atoms with Gasteiger partial charge in [-0.3, -0.25) is 4.98 Å². The molecule has 82 valence electrons. The first-order valence-electron chi connectivity index (χ1n) is 5.60. The Morgan fingerprint density at radius 3 is 2.53 bits per heavy atom. The Morgan fingerprint density at radius 2 is 2.13 bits per heavy atom. The van der Waals surface area contributed by atoms with Crippen LogP contribution in [0, 0.1) is 5.41 Å². The lowest BCUT2D eigenvalue weighted by molar-refractivity contribution is 0.0879. The normalized spacial score (nSPS) is 20.7. The summed E-state index contributed by atoms with van der Waals surface area (Å²) in [6, 6.07) is 4.53. The van der Waals surface area contributed by atoms with Crippen molar-refractivity contribution in [2.45, 2.75) is 25.3 Å². The maximum atomic E-state index is 5.93. The Bertz CT molecular complexity index is 300. The topological polar surface area (TPSA) is 50.9 Å². The first-order valence-corrected chi connectivity index (χ1v) is 5.60. The van der Waals surface area contributed by atoms with Gasteiger partial charge in [0.1, 0.15) is 0 Å². The number of hydrogen-bond acceptors (Lipinski definition) is 3. The SMILES string of the molecule is CNC(c1ccncc1)C1(CN)CCC1. The molecule has 1 atom stereocenters. The monoisotopic (exact) mass is 205 g/mol. The van der Waals surface area contributed by atoms with Gasteiger partial charge in [0.2, 0.25) is 0 Å². The van der Waals surface area contributed by atoms with Gasteiger partial charge in [-0.2, -0.15) is 0 Å². The predicted molar refractivity (Wildman–Crippen MR) is 61.4 cm³/mol. The van der Waals surface area contributed by atoms with Crippen molar-refractivity contribution in [1.82, 2.24) is 10.3 Å². The van der Waals surface area contributed by atoms with E-state index in [1.165, 1.54) is 24.8 Å². The van der Waals surface area contributed by atoms with E-state index in [-0.39, 0.29) is 5.41 Å². The van der Waals surface area contributed by atoms with E-state index in [9.17, 15) is 0 Å². The van der Waals surface area contributed by atoms with Gasteiger partial charge < -0.3 is 11.1 Å². The van der Waals surface area contributed by atoms with E-state index in [2.05, 4.69) is 22.4 Å². The minimum Gasteiger partial charge on any atom is -0.330 e. The molecule has 0 saturated heterocycles. The Kier molecular flexibility index (Phi) is 3.03. The zero-order valence-corrected chi connectivity index (χ0v) is 9.24. The molecule has 15 heavy (non-hydrogen) atoms. The summed E-state index contributed by atoms with van der Waals surface area (Å²) in [6.45, 7) is 0.765. The van der Waals surface area contributed by atoms with E-state index in [4.69, 9.17) is 5.73 Å². The molecule has 1 unspecified atom stereocenters. The third-order valence-corrected chi connectivity index (χ3v) is 3.70. The summed E-state index contributed by atoms with van der Waals surface area (Å²) in [4.78, 5) is 4.05. The number of nitrogens with one attached hydrogen (secondary N) is 1. The summed E-state index contributed by atoms with van der Waals surface area (Å²) in [5, 5.41) is 3.40. The van der Waals surface area contributed by atoms with Gasteiger partial charge in [0.05, 0.1) is 0 Å². The molecule has 1 aliphatic rings. The van der Waals surface area contributed by atoms with Crippen molar-refractivity contribution < 1.29 is 0 Å². The molecular weight excluding hydrogens is 186 g/mol. The van der Waals surface area contributed by atoms with Crippen molar-refractivity contribution in [3.63, 3.8) is 0 Å². The molecule has 0 spiro atoms. The average molecular weight is 205 g/mol. The molecule has 2 rings (SSSR count). The van der Waals surface area contributed by atoms with Crippen LogP contribution in [0.2, 0.25) is 0 Å². The third-order valence-electron chi connectivity index (χ3n) is 3.70.